The van der Waals surface area contributed by atoms with Gasteiger partial charge in [-0.15, -0.1) is 0 Å². The Bertz CT molecular complexity index is 1030. The maximum absolute atomic E-state index is 13.1. The lowest BCUT2D eigenvalue weighted by Crippen LogP contribution is -2.37. The number of halogens is 2. The largest absolute Gasteiger partial charge is 0.441 e. The maximum atomic E-state index is 13.1. The van der Waals surface area contributed by atoms with Crippen molar-refractivity contribution in [2.24, 2.45) is 11.7 Å². The Labute approximate surface area is 216 Å². The van der Waals surface area contributed by atoms with Crippen LogP contribution in [-0.4, -0.2) is 39.5 Å². The first-order valence-electron chi connectivity index (χ1n) is 11.4. The predicted octanol–water partition coefficient (Wildman–Crippen LogP) is 4.80. The van der Waals surface area contributed by atoms with Crippen molar-refractivity contribution >= 4 is 40.9 Å². The number of benzene rings is 1. The van der Waals surface area contributed by atoms with Crippen LogP contribution in [0.25, 0.3) is 0 Å². The lowest BCUT2D eigenvalue weighted by Gasteiger charge is -2.22. The number of rotatable bonds is 9. The number of hydrogen-bond donors (Lipinski definition) is 2. The molecule has 8 nitrogen and oxygen atoms in total. The zero-order chi connectivity index (χ0) is 24.8. The summed E-state index contributed by atoms with van der Waals surface area (Å²) in [6.07, 6.45) is 6.46. The molecule has 1 atom stereocenters. The van der Waals surface area contributed by atoms with E-state index in [9.17, 15) is 14.4 Å². The molecule has 1 saturated carbocycles. The molecule has 1 amide bonds. The minimum atomic E-state index is -0.770. The van der Waals surface area contributed by atoms with Gasteiger partial charge in [-0.1, -0.05) is 69.8 Å². The SMILES string of the molecule is C.CC(C)[C@H](N)C(=O)OCn1cc(CC(=O)c2c(Cl)cccc2Cl)c(C(=O)NC2CCCCC2)n1. The van der Waals surface area contributed by atoms with Gasteiger partial charge >= 0.3 is 5.97 Å². The van der Waals surface area contributed by atoms with Crippen molar-refractivity contribution < 1.29 is 19.1 Å². The second-order valence-corrected chi connectivity index (χ2v) is 9.72. The van der Waals surface area contributed by atoms with Gasteiger partial charge in [0.1, 0.15) is 6.04 Å². The van der Waals surface area contributed by atoms with Gasteiger partial charge in [0.2, 0.25) is 0 Å². The second kappa shape index (κ2) is 13.0. The molecular weight excluding hydrogens is 491 g/mol. The Kier molecular flexibility index (Phi) is 10.7. The number of nitrogens with zero attached hydrogens (tertiary/aromatic N) is 2. The van der Waals surface area contributed by atoms with Gasteiger partial charge < -0.3 is 15.8 Å². The number of carbonyl (C=O) groups is 3. The Balaban J connectivity index is 0.00000432. The monoisotopic (exact) mass is 524 g/mol. The van der Waals surface area contributed by atoms with Gasteiger partial charge in [-0.05, 0) is 30.9 Å². The predicted molar refractivity (Wildman–Crippen MR) is 137 cm³/mol. The minimum Gasteiger partial charge on any atom is -0.441 e. The van der Waals surface area contributed by atoms with Crippen LogP contribution in [0.2, 0.25) is 10.0 Å². The summed E-state index contributed by atoms with van der Waals surface area (Å²) >= 11 is 12.4. The lowest BCUT2D eigenvalue weighted by molar-refractivity contribution is -0.150. The molecule has 35 heavy (non-hydrogen) atoms. The van der Waals surface area contributed by atoms with Crippen molar-refractivity contribution in [2.45, 2.75) is 78.6 Å². The standard InChI is InChI=1S/C24H30Cl2N4O4.CH4/c1-14(2)21(27)24(33)34-13-30-12-15(11-19(31)20-17(25)9-6-10-18(20)26)22(29-30)23(32)28-16-7-4-3-5-8-16;/h6,9-10,12,14,16,21H,3-5,7-8,11,13,27H2,1-2H3,(H,28,32);1H4/t21-;/m0./s1. The van der Waals surface area contributed by atoms with Crippen LogP contribution in [0, 0.1) is 5.92 Å². The normalized spacial score (nSPS) is 14.8. The first-order chi connectivity index (χ1) is 16.2. The van der Waals surface area contributed by atoms with E-state index in [1.165, 1.54) is 10.9 Å². The third kappa shape index (κ3) is 7.53. The Morgan fingerprint density at radius 3 is 2.40 bits per heavy atom. The van der Waals surface area contributed by atoms with E-state index in [-0.39, 0.29) is 65.5 Å². The van der Waals surface area contributed by atoms with Crippen LogP contribution in [0.3, 0.4) is 0 Å². The molecule has 1 aromatic carbocycles. The van der Waals surface area contributed by atoms with Gasteiger partial charge in [-0.3, -0.25) is 14.4 Å². The fraction of sp³-hybridized carbons (Fsp3) is 0.520. The fourth-order valence-corrected chi connectivity index (χ4v) is 4.48. The number of nitrogens with one attached hydrogen (secondary N) is 1. The third-order valence-corrected chi connectivity index (χ3v) is 6.54. The molecule has 1 aliphatic rings. The summed E-state index contributed by atoms with van der Waals surface area (Å²) in [5, 5.41) is 7.79. The van der Waals surface area contributed by atoms with Crippen LogP contribution in [-0.2, 0) is 22.7 Å². The molecule has 0 radical (unpaired) electrons. The Hall–Kier alpha value is -2.42. The van der Waals surface area contributed by atoms with Crippen molar-refractivity contribution in [1.82, 2.24) is 15.1 Å². The van der Waals surface area contributed by atoms with E-state index < -0.39 is 12.0 Å². The number of nitrogens with two attached hydrogens (primary N) is 1. The Morgan fingerprint density at radius 1 is 1.17 bits per heavy atom. The van der Waals surface area contributed by atoms with E-state index >= 15 is 0 Å². The number of ether oxygens (including phenoxy) is 1. The number of amides is 1. The van der Waals surface area contributed by atoms with E-state index in [4.69, 9.17) is 33.7 Å². The van der Waals surface area contributed by atoms with Gasteiger partial charge in [0.25, 0.3) is 5.91 Å². The van der Waals surface area contributed by atoms with E-state index in [1.54, 1.807) is 18.2 Å². The quantitative estimate of drug-likeness (QED) is 0.359. The van der Waals surface area contributed by atoms with Crippen molar-refractivity contribution in [2.75, 3.05) is 0 Å². The number of Topliss-reactive ketones (excluding diaryl/α,β-unsaturated/α-hetero) is 1. The number of ketones is 1. The summed E-state index contributed by atoms with van der Waals surface area (Å²) in [5.41, 5.74) is 6.51. The zero-order valence-electron chi connectivity index (χ0n) is 19.4. The summed E-state index contributed by atoms with van der Waals surface area (Å²) in [5.74, 6) is -1.38. The molecular formula is C25H34Cl2N4O4. The average Bonchev–Trinajstić information content (AvgIpc) is 3.20. The van der Waals surface area contributed by atoms with E-state index in [2.05, 4.69) is 10.4 Å². The first-order valence-corrected chi connectivity index (χ1v) is 12.2. The molecule has 0 saturated heterocycles. The van der Waals surface area contributed by atoms with Gasteiger partial charge in [-0.25, -0.2) is 4.68 Å². The van der Waals surface area contributed by atoms with Gasteiger partial charge in [0.05, 0.1) is 15.6 Å². The number of carbonyl (C=O) groups excluding carboxylic acids is 3. The van der Waals surface area contributed by atoms with Crippen LogP contribution in [0.5, 0.6) is 0 Å². The van der Waals surface area contributed by atoms with E-state index in [0.717, 1.165) is 32.1 Å². The van der Waals surface area contributed by atoms with Crippen LogP contribution >= 0.6 is 23.2 Å². The molecule has 0 aliphatic heterocycles. The van der Waals surface area contributed by atoms with Crippen molar-refractivity contribution in [1.29, 1.82) is 0 Å². The van der Waals surface area contributed by atoms with Gasteiger partial charge in [-0.2, -0.15) is 5.10 Å². The van der Waals surface area contributed by atoms with Crippen molar-refractivity contribution in [3.8, 4) is 0 Å². The highest BCUT2D eigenvalue weighted by Crippen LogP contribution is 2.26. The number of aromatic nitrogens is 2. The molecule has 0 bridgehead atoms. The highest BCUT2D eigenvalue weighted by molar-refractivity contribution is 6.39. The first kappa shape index (κ1) is 28.8. The van der Waals surface area contributed by atoms with Gasteiger partial charge in [0.15, 0.2) is 18.2 Å². The van der Waals surface area contributed by atoms with Gasteiger partial charge in [0, 0.05) is 24.2 Å². The summed E-state index contributed by atoms with van der Waals surface area (Å²) in [4.78, 5) is 38.2. The number of hydrogen-bond acceptors (Lipinski definition) is 6. The van der Waals surface area contributed by atoms with Crippen molar-refractivity contribution in [3.05, 3.63) is 51.3 Å². The summed E-state index contributed by atoms with van der Waals surface area (Å²) in [7, 11) is 0. The topological polar surface area (TPSA) is 116 Å². The van der Waals surface area contributed by atoms with Crippen LogP contribution in [0.1, 0.15) is 79.8 Å². The van der Waals surface area contributed by atoms with Crippen LogP contribution in [0.15, 0.2) is 24.4 Å². The smallest absolute Gasteiger partial charge is 0.324 e. The minimum absolute atomic E-state index is 0. The molecule has 192 valence electrons. The fourth-order valence-electron chi connectivity index (χ4n) is 3.87. The highest BCUT2D eigenvalue weighted by atomic mass is 35.5. The maximum Gasteiger partial charge on any atom is 0.324 e. The van der Waals surface area contributed by atoms with Crippen molar-refractivity contribution in [3.63, 3.8) is 0 Å². The summed E-state index contributed by atoms with van der Waals surface area (Å²) < 4.78 is 6.57. The molecule has 0 spiro atoms. The van der Waals surface area contributed by atoms with Crippen LogP contribution in [0.4, 0.5) is 0 Å². The third-order valence-electron chi connectivity index (χ3n) is 5.92. The molecule has 1 heterocycles. The molecule has 2 aromatic rings. The molecule has 10 heteroatoms. The molecule has 3 N–H and O–H groups in total. The average molecular weight is 525 g/mol. The Morgan fingerprint density at radius 2 is 1.80 bits per heavy atom. The number of esters is 1. The highest BCUT2D eigenvalue weighted by Gasteiger charge is 2.25. The zero-order valence-corrected chi connectivity index (χ0v) is 20.9. The molecule has 3 rings (SSSR count). The summed E-state index contributed by atoms with van der Waals surface area (Å²) in [6, 6.07) is 4.11. The molecule has 1 aromatic heterocycles. The molecule has 1 fully saturated rings. The summed E-state index contributed by atoms with van der Waals surface area (Å²) in [6.45, 7) is 3.40. The lowest BCUT2D eigenvalue weighted by atomic mass is 9.95. The van der Waals surface area contributed by atoms with E-state index in [0.29, 0.717) is 5.56 Å². The second-order valence-electron chi connectivity index (χ2n) is 8.91. The van der Waals surface area contributed by atoms with Crippen LogP contribution < -0.4 is 11.1 Å². The van der Waals surface area contributed by atoms with E-state index in [1.807, 2.05) is 13.8 Å². The molecule has 1 aliphatic carbocycles. The molecule has 0 unspecified atom stereocenters.